The van der Waals surface area contributed by atoms with Crippen molar-refractivity contribution >= 4 is 17.3 Å². The Morgan fingerprint density at radius 2 is 1.66 bits per heavy atom. The Kier molecular flexibility index (Phi) is 4.62. The van der Waals surface area contributed by atoms with Crippen molar-refractivity contribution in [1.29, 1.82) is 0 Å². The SMILES string of the molecule is Cc1cc(Nc2ncn(-c3cc(F)cc(F)c3)n2)cc(N2CC(N3CC4CC(C3)O4)C2)c1. The van der Waals surface area contributed by atoms with Crippen molar-refractivity contribution in [2.45, 2.75) is 31.6 Å². The van der Waals surface area contributed by atoms with Crippen LogP contribution < -0.4 is 10.2 Å². The van der Waals surface area contributed by atoms with E-state index in [9.17, 15) is 8.78 Å². The third-order valence-corrected chi connectivity index (χ3v) is 6.45. The van der Waals surface area contributed by atoms with E-state index in [0.717, 1.165) is 49.2 Å². The lowest BCUT2D eigenvalue weighted by Crippen LogP contribution is -2.67. The minimum Gasteiger partial charge on any atom is -0.372 e. The second-order valence-corrected chi connectivity index (χ2v) is 8.95. The molecule has 3 aromatic rings. The second kappa shape index (κ2) is 7.53. The number of ether oxygens (including phenoxy) is 1. The fraction of sp³-hybridized carbons (Fsp3) is 0.391. The lowest BCUT2D eigenvalue weighted by molar-refractivity contribution is -0.189. The number of nitrogens with zero attached hydrogens (tertiary/aromatic N) is 5. The molecule has 9 heteroatoms. The Morgan fingerprint density at radius 3 is 2.38 bits per heavy atom. The van der Waals surface area contributed by atoms with Crippen LogP contribution in [0.4, 0.5) is 26.1 Å². The highest BCUT2D eigenvalue weighted by Gasteiger charge is 2.43. The standard InChI is InChI=1S/C23H24F2N6O/c1-14-2-17(27-23-26-13-31(28-23)19-5-15(24)4-16(25)6-19)7-18(3-14)29-9-20(10-29)30-11-21-8-22(12-30)32-21/h2-7,13,20-22H,8-12H2,1H3,(H,27,28). The molecular formula is C23H24F2N6O. The molecule has 4 saturated heterocycles. The summed E-state index contributed by atoms with van der Waals surface area (Å²) in [7, 11) is 0. The van der Waals surface area contributed by atoms with Gasteiger partial charge in [-0.15, -0.1) is 5.10 Å². The number of hydrogen-bond donors (Lipinski definition) is 1. The summed E-state index contributed by atoms with van der Waals surface area (Å²) in [4.78, 5) is 9.18. The van der Waals surface area contributed by atoms with E-state index in [4.69, 9.17) is 4.74 Å². The molecule has 7 rings (SSSR count). The lowest BCUT2D eigenvalue weighted by Gasteiger charge is -2.54. The molecule has 0 amide bonds. The highest BCUT2D eigenvalue weighted by atomic mass is 19.1. The third kappa shape index (κ3) is 3.71. The highest BCUT2D eigenvalue weighted by Crippen LogP contribution is 2.33. The van der Waals surface area contributed by atoms with Crippen molar-refractivity contribution in [3.05, 3.63) is 59.9 Å². The van der Waals surface area contributed by atoms with E-state index in [1.165, 1.54) is 29.6 Å². The summed E-state index contributed by atoms with van der Waals surface area (Å²) in [5.41, 5.74) is 3.45. The van der Waals surface area contributed by atoms with Crippen molar-refractivity contribution < 1.29 is 13.5 Å². The zero-order valence-electron chi connectivity index (χ0n) is 17.7. The molecule has 4 fully saturated rings. The maximum absolute atomic E-state index is 13.5. The van der Waals surface area contributed by atoms with Gasteiger partial charge in [0.15, 0.2) is 0 Å². The van der Waals surface area contributed by atoms with Gasteiger partial charge < -0.3 is 15.0 Å². The molecule has 1 aromatic heterocycles. The molecule has 32 heavy (non-hydrogen) atoms. The van der Waals surface area contributed by atoms with Gasteiger partial charge in [-0.25, -0.2) is 13.5 Å². The molecule has 0 radical (unpaired) electrons. The predicted molar refractivity (Wildman–Crippen MR) is 117 cm³/mol. The first-order valence-corrected chi connectivity index (χ1v) is 10.9. The molecule has 4 aliphatic rings. The van der Waals surface area contributed by atoms with Crippen molar-refractivity contribution in [3.63, 3.8) is 0 Å². The molecule has 2 unspecified atom stereocenters. The normalized spacial score (nSPS) is 23.0. The van der Waals surface area contributed by atoms with Crippen LogP contribution in [0, 0.1) is 18.6 Å². The molecule has 0 saturated carbocycles. The summed E-state index contributed by atoms with van der Waals surface area (Å²) < 4.78 is 34.1. The second-order valence-electron chi connectivity index (χ2n) is 8.95. The number of aromatic nitrogens is 3. The van der Waals surface area contributed by atoms with E-state index in [1.54, 1.807) is 0 Å². The molecule has 0 spiro atoms. The van der Waals surface area contributed by atoms with Crippen LogP contribution in [0.25, 0.3) is 5.69 Å². The number of benzene rings is 2. The molecular weight excluding hydrogens is 414 g/mol. The van der Waals surface area contributed by atoms with Gasteiger partial charge in [-0.2, -0.15) is 4.98 Å². The predicted octanol–water partition coefficient (Wildman–Crippen LogP) is 3.26. The van der Waals surface area contributed by atoms with Crippen LogP contribution >= 0.6 is 0 Å². The maximum atomic E-state index is 13.5. The zero-order valence-corrected chi connectivity index (χ0v) is 17.7. The van der Waals surface area contributed by atoms with E-state index in [2.05, 4.69) is 44.3 Å². The van der Waals surface area contributed by atoms with Gasteiger partial charge >= 0.3 is 0 Å². The number of aryl methyl sites for hydroxylation is 1. The molecule has 2 atom stereocenters. The Labute approximate surface area is 184 Å². The first-order valence-electron chi connectivity index (χ1n) is 10.9. The van der Waals surface area contributed by atoms with Crippen LogP contribution in [-0.2, 0) is 4.74 Å². The minimum atomic E-state index is -0.657. The first kappa shape index (κ1) is 19.6. The van der Waals surface area contributed by atoms with Gasteiger partial charge in [0.2, 0.25) is 5.95 Å². The highest BCUT2D eigenvalue weighted by molar-refractivity contribution is 5.65. The van der Waals surface area contributed by atoms with E-state index < -0.39 is 11.6 Å². The summed E-state index contributed by atoms with van der Waals surface area (Å²) >= 11 is 0. The number of halogens is 2. The molecule has 0 aliphatic carbocycles. The fourth-order valence-corrected chi connectivity index (χ4v) is 4.85. The Balaban J connectivity index is 1.14. The van der Waals surface area contributed by atoms with Crippen molar-refractivity contribution in [1.82, 2.24) is 19.7 Å². The fourth-order valence-electron chi connectivity index (χ4n) is 4.85. The summed E-state index contributed by atoms with van der Waals surface area (Å²) in [5, 5.41) is 7.52. The first-order chi connectivity index (χ1) is 15.5. The van der Waals surface area contributed by atoms with Crippen molar-refractivity contribution in [3.8, 4) is 5.69 Å². The minimum absolute atomic E-state index is 0.278. The number of hydrogen-bond acceptors (Lipinski definition) is 6. The van der Waals surface area contributed by atoms with Crippen LogP contribution in [-0.4, -0.2) is 64.1 Å². The maximum Gasteiger partial charge on any atom is 0.246 e. The van der Waals surface area contributed by atoms with Gasteiger partial charge in [-0.3, -0.25) is 4.90 Å². The average Bonchev–Trinajstić information content (AvgIpc) is 3.14. The smallest absolute Gasteiger partial charge is 0.246 e. The van der Waals surface area contributed by atoms with Crippen LogP contribution in [0.2, 0.25) is 0 Å². The van der Waals surface area contributed by atoms with Gasteiger partial charge in [0.1, 0.15) is 18.0 Å². The van der Waals surface area contributed by atoms with Gasteiger partial charge in [0, 0.05) is 56.1 Å². The van der Waals surface area contributed by atoms with E-state index >= 15 is 0 Å². The summed E-state index contributed by atoms with van der Waals surface area (Å²) in [6, 6.07) is 10.1. The number of morpholine rings is 1. The van der Waals surface area contributed by atoms with Gasteiger partial charge in [0.05, 0.1) is 17.9 Å². The van der Waals surface area contributed by atoms with Gasteiger partial charge in [-0.05, 0) is 42.8 Å². The number of anilines is 3. The monoisotopic (exact) mass is 438 g/mol. The molecule has 4 aliphatic heterocycles. The zero-order chi connectivity index (χ0) is 21.8. The van der Waals surface area contributed by atoms with Crippen LogP contribution in [0.15, 0.2) is 42.7 Å². The largest absolute Gasteiger partial charge is 0.372 e. The van der Waals surface area contributed by atoms with Crippen molar-refractivity contribution in [2.24, 2.45) is 0 Å². The summed E-state index contributed by atoms with van der Waals surface area (Å²) in [5.74, 6) is -0.953. The van der Waals surface area contributed by atoms with Crippen LogP contribution in [0.5, 0.6) is 0 Å². The van der Waals surface area contributed by atoms with E-state index in [0.29, 0.717) is 24.2 Å². The Bertz CT molecular complexity index is 1120. The number of fused-ring (bicyclic) bond motifs is 2. The van der Waals surface area contributed by atoms with Gasteiger partial charge in [-0.1, -0.05) is 0 Å². The molecule has 2 bridgehead atoms. The Morgan fingerprint density at radius 1 is 0.938 bits per heavy atom. The third-order valence-electron chi connectivity index (χ3n) is 6.45. The topological polar surface area (TPSA) is 58.5 Å². The molecule has 2 aromatic carbocycles. The summed E-state index contributed by atoms with van der Waals surface area (Å²) in [6.07, 6.45) is 3.53. The summed E-state index contributed by atoms with van der Waals surface area (Å²) in [6.45, 7) is 6.20. The molecule has 1 N–H and O–H groups in total. The average molecular weight is 438 g/mol. The van der Waals surface area contributed by atoms with E-state index in [1.807, 2.05) is 6.07 Å². The van der Waals surface area contributed by atoms with E-state index in [-0.39, 0.29) is 5.69 Å². The van der Waals surface area contributed by atoms with Crippen LogP contribution in [0.1, 0.15) is 12.0 Å². The Hall–Kier alpha value is -3.04. The number of nitrogens with one attached hydrogen (secondary N) is 1. The molecule has 166 valence electrons. The van der Waals surface area contributed by atoms with Crippen molar-refractivity contribution in [2.75, 3.05) is 36.4 Å². The quantitative estimate of drug-likeness (QED) is 0.660. The molecule has 7 nitrogen and oxygen atoms in total. The van der Waals surface area contributed by atoms with Gasteiger partial charge in [0.25, 0.3) is 0 Å². The molecule has 5 heterocycles. The van der Waals surface area contributed by atoms with Crippen LogP contribution in [0.3, 0.4) is 0 Å². The lowest BCUT2D eigenvalue weighted by atomic mass is 9.94. The number of piperidine rings is 1. The number of rotatable bonds is 5.